The number of nitrogens with one attached hydrogen (secondary N) is 1. The van der Waals surface area contributed by atoms with Crippen molar-refractivity contribution in [2.75, 3.05) is 0 Å². The van der Waals surface area contributed by atoms with Crippen LogP contribution >= 0.6 is 15.9 Å². The second-order valence-electron chi connectivity index (χ2n) is 5.09. The maximum Gasteiger partial charge on any atom is 0.193 e. The van der Waals surface area contributed by atoms with Gasteiger partial charge in [0.1, 0.15) is 0 Å². The molecule has 2 nitrogen and oxygen atoms in total. The minimum Gasteiger partial charge on any atom is -0.358 e. The summed E-state index contributed by atoms with van der Waals surface area (Å²) in [6.07, 6.45) is 5.46. The number of hydrogen-bond donors (Lipinski definition) is 1. The number of aryl methyl sites for hydroxylation is 2. The minimum absolute atomic E-state index is 0.219. The molecule has 1 heterocycles. The van der Waals surface area contributed by atoms with E-state index in [2.05, 4.69) is 20.9 Å². The molecule has 0 atom stereocenters. The Hall–Kier alpha value is -1.09. The van der Waals surface area contributed by atoms with Gasteiger partial charge in [-0.3, -0.25) is 4.79 Å². The van der Waals surface area contributed by atoms with Crippen molar-refractivity contribution < 1.29 is 0 Å². The first-order valence-electron chi connectivity index (χ1n) is 6.51. The van der Waals surface area contributed by atoms with Crippen molar-refractivity contribution in [1.82, 2.24) is 4.98 Å². The molecule has 2 aromatic rings. The average Bonchev–Trinajstić information content (AvgIpc) is 2.59. The van der Waals surface area contributed by atoms with Crippen LogP contribution in [0.15, 0.2) is 21.4 Å². The first-order valence-corrected chi connectivity index (χ1v) is 7.30. The fraction of sp³-hybridized carbons (Fsp3) is 0.400. The number of pyridine rings is 1. The number of rotatable bonds is 0. The zero-order valence-electron chi connectivity index (χ0n) is 10.5. The Morgan fingerprint density at radius 3 is 2.78 bits per heavy atom. The first kappa shape index (κ1) is 12.0. The standard InChI is InChI=1S/C15H16BrNO/c1-9-7-8-11(16)13-14(9)17-12-6-4-2-3-5-10(12)15(13)18/h7-8H,2-6H2,1H3,(H,17,18). The van der Waals surface area contributed by atoms with Crippen LogP contribution in [0.25, 0.3) is 10.9 Å². The number of benzene rings is 1. The van der Waals surface area contributed by atoms with Gasteiger partial charge in [0.25, 0.3) is 0 Å². The Labute approximate surface area is 115 Å². The van der Waals surface area contributed by atoms with Crippen LogP contribution in [0, 0.1) is 6.92 Å². The summed E-state index contributed by atoms with van der Waals surface area (Å²) in [4.78, 5) is 16.2. The molecule has 0 spiro atoms. The van der Waals surface area contributed by atoms with Crippen LogP contribution in [0.3, 0.4) is 0 Å². The monoisotopic (exact) mass is 305 g/mol. The van der Waals surface area contributed by atoms with Crippen molar-refractivity contribution in [3.05, 3.63) is 43.6 Å². The second kappa shape index (κ2) is 4.54. The third-order valence-electron chi connectivity index (χ3n) is 3.86. The molecule has 0 bridgehead atoms. The zero-order valence-corrected chi connectivity index (χ0v) is 12.1. The van der Waals surface area contributed by atoms with Crippen molar-refractivity contribution >= 4 is 26.8 Å². The number of halogens is 1. The Morgan fingerprint density at radius 2 is 1.94 bits per heavy atom. The van der Waals surface area contributed by atoms with Gasteiger partial charge in [-0.2, -0.15) is 0 Å². The molecule has 94 valence electrons. The molecule has 3 heteroatoms. The van der Waals surface area contributed by atoms with E-state index in [1.54, 1.807) is 0 Å². The number of H-pyrrole nitrogens is 1. The van der Waals surface area contributed by atoms with Gasteiger partial charge in [-0.15, -0.1) is 0 Å². The van der Waals surface area contributed by atoms with Gasteiger partial charge >= 0.3 is 0 Å². The summed E-state index contributed by atoms with van der Waals surface area (Å²) in [5.74, 6) is 0. The molecule has 1 N–H and O–H groups in total. The maximum atomic E-state index is 12.6. The third kappa shape index (κ3) is 1.81. The van der Waals surface area contributed by atoms with Gasteiger partial charge in [0.05, 0.1) is 10.9 Å². The highest BCUT2D eigenvalue weighted by molar-refractivity contribution is 9.10. The lowest BCUT2D eigenvalue weighted by molar-refractivity contribution is 0.708. The van der Waals surface area contributed by atoms with Crippen molar-refractivity contribution in [2.24, 2.45) is 0 Å². The summed E-state index contributed by atoms with van der Waals surface area (Å²) < 4.78 is 0.899. The van der Waals surface area contributed by atoms with Gasteiger partial charge in [0.15, 0.2) is 5.43 Å². The first-order chi connectivity index (χ1) is 8.68. The molecule has 1 aliphatic rings. The predicted molar refractivity (Wildman–Crippen MR) is 78.3 cm³/mol. The van der Waals surface area contributed by atoms with Crippen molar-refractivity contribution in [2.45, 2.75) is 39.0 Å². The van der Waals surface area contributed by atoms with E-state index >= 15 is 0 Å². The number of fused-ring (bicyclic) bond motifs is 2. The maximum absolute atomic E-state index is 12.6. The Kier molecular flexibility index (Phi) is 3.02. The van der Waals surface area contributed by atoms with Crippen LogP contribution in [0.2, 0.25) is 0 Å². The molecule has 0 unspecified atom stereocenters. The summed E-state index contributed by atoms with van der Waals surface area (Å²) >= 11 is 3.51. The van der Waals surface area contributed by atoms with Crippen molar-refractivity contribution in [3.63, 3.8) is 0 Å². The van der Waals surface area contributed by atoms with E-state index in [1.807, 2.05) is 19.1 Å². The van der Waals surface area contributed by atoms with Gasteiger partial charge in [-0.25, -0.2) is 0 Å². The molecule has 1 aliphatic carbocycles. The Morgan fingerprint density at radius 1 is 1.17 bits per heavy atom. The number of aromatic nitrogens is 1. The van der Waals surface area contributed by atoms with Crippen LogP contribution in [0.5, 0.6) is 0 Å². The molecule has 1 aromatic heterocycles. The quantitative estimate of drug-likeness (QED) is 0.736. The molecular weight excluding hydrogens is 290 g/mol. The molecule has 0 aliphatic heterocycles. The summed E-state index contributed by atoms with van der Waals surface area (Å²) in [6.45, 7) is 2.05. The van der Waals surface area contributed by atoms with Crippen molar-refractivity contribution in [1.29, 1.82) is 0 Å². The lowest BCUT2D eigenvalue weighted by Gasteiger charge is -2.11. The lowest BCUT2D eigenvalue weighted by Crippen LogP contribution is -2.15. The van der Waals surface area contributed by atoms with Gasteiger partial charge in [0, 0.05) is 15.7 Å². The average molecular weight is 306 g/mol. The van der Waals surface area contributed by atoms with Crippen molar-refractivity contribution in [3.8, 4) is 0 Å². The van der Waals surface area contributed by atoms with E-state index < -0.39 is 0 Å². The van der Waals surface area contributed by atoms with Crippen LogP contribution in [-0.2, 0) is 12.8 Å². The molecule has 0 amide bonds. The zero-order chi connectivity index (χ0) is 12.7. The Bertz CT molecular complexity index is 672. The molecule has 0 radical (unpaired) electrons. The third-order valence-corrected chi connectivity index (χ3v) is 4.52. The highest BCUT2D eigenvalue weighted by atomic mass is 79.9. The fourth-order valence-electron chi connectivity index (χ4n) is 2.84. The molecule has 1 aromatic carbocycles. The Balaban J connectivity index is 2.42. The van der Waals surface area contributed by atoms with Crippen LogP contribution in [-0.4, -0.2) is 4.98 Å². The van der Waals surface area contributed by atoms with E-state index in [9.17, 15) is 4.79 Å². The van der Waals surface area contributed by atoms with Gasteiger partial charge in [0.2, 0.25) is 0 Å². The molecule has 0 saturated heterocycles. The number of aromatic amines is 1. The second-order valence-corrected chi connectivity index (χ2v) is 5.94. The lowest BCUT2D eigenvalue weighted by atomic mass is 10.0. The SMILES string of the molecule is Cc1ccc(Br)c2c(=O)c3c([nH]c12)CCCCC3. The highest BCUT2D eigenvalue weighted by Gasteiger charge is 2.16. The van der Waals surface area contributed by atoms with Gasteiger partial charge in [-0.05, 0) is 60.2 Å². The molecule has 0 fully saturated rings. The molecule has 3 rings (SSSR count). The van der Waals surface area contributed by atoms with E-state index in [0.29, 0.717) is 0 Å². The smallest absolute Gasteiger partial charge is 0.193 e. The van der Waals surface area contributed by atoms with E-state index in [4.69, 9.17) is 0 Å². The molecule has 0 saturated carbocycles. The molecular formula is C15H16BrNO. The van der Waals surface area contributed by atoms with Crippen LogP contribution in [0.4, 0.5) is 0 Å². The summed E-state index contributed by atoms with van der Waals surface area (Å²) in [7, 11) is 0. The van der Waals surface area contributed by atoms with Crippen LogP contribution in [0.1, 0.15) is 36.1 Å². The summed E-state index contributed by atoms with van der Waals surface area (Å²) in [5, 5.41) is 0.815. The predicted octanol–water partition coefficient (Wildman–Crippen LogP) is 3.87. The van der Waals surface area contributed by atoms with Gasteiger partial charge < -0.3 is 4.98 Å². The number of hydrogen-bond acceptors (Lipinski definition) is 1. The highest BCUT2D eigenvalue weighted by Crippen LogP contribution is 2.26. The summed E-state index contributed by atoms with van der Waals surface area (Å²) in [6, 6.07) is 4.02. The van der Waals surface area contributed by atoms with Crippen LogP contribution < -0.4 is 5.43 Å². The van der Waals surface area contributed by atoms with Gasteiger partial charge in [-0.1, -0.05) is 12.5 Å². The minimum atomic E-state index is 0.219. The fourth-order valence-corrected chi connectivity index (χ4v) is 3.35. The largest absolute Gasteiger partial charge is 0.358 e. The normalized spacial score (nSPS) is 15.4. The summed E-state index contributed by atoms with van der Waals surface area (Å²) in [5.41, 5.74) is 4.51. The topological polar surface area (TPSA) is 32.9 Å². The van der Waals surface area contributed by atoms with E-state index in [0.717, 1.165) is 51.5 Å². The molecule has 18 heavy (non-hydrogen) atoms. The van der Waals surface area contributed by atoms with E-state index in [1.165, 1.54) is 12.8 Å². The van der Waals surface area contributed by atoms with E-state index in [-0.39, 0.29) is 5.43 Å².